The number of ether oxygens (including phenoxy) is 2. The van der Waals surface area contributed by atoms with Crippen molar-refractivity contribution in [2.45, 2.75) is 6.54 Å². The number of nitriles is 1. The average Bonchev–Trinajstić information content (AvgIpc) is 2.53. The molecule has 0 saturated carbocycles. The highest BCUT2D eigenvalue weighted by Crippen LogP contribution is 2.23. The molecule has 2 aromatic rings. The van der Waals surface area contributed by atoms with E-state index in [1.807, 2.05) is 18.2 Å². The van der Waals surface area contributed by atoms with Crippen LogP contribution >= 0.6 is 0 Å². The lowest BCUT2D eigenvalue weighted by Crippen LogP contribution is -2.02. The first-order valence-corrected chi connectivity index (χ1v) is 6.31. The number of benzene rings is 2. The van der Waals surface area contributed by atoms with Crippen LogP contribution in [0.25, 0.3) is 0 Å². The van der Waals surface area contributed by atoms with E-state index in [-0.39, 0.29) is 0 Å². The predicted molar refractivity (Wildman–Crippen MR) is 78.0 cm³/mol. The first-order valence-electron chi connectivity index (χ1n) is 6.31. The molecule has 21 heavy (non-hydrogen) atoms. The Morgan fingerprint density at radius 3 is 2.29 bits per heavy atom. The second-order valence-electron chi connectivity index (χ2n) is 4.38. The van der Waals surface area contributed by atoms with Gasteiger partial charge in [-0.2, -0.15) is 5.26 Å². The molecule has 0 heterocycles. The fourth-order valence-electron chi connectivity index (χ4n) is 1.89. The van der Waals surface area contributed by atoms with Crippen LogP contribution in [-0.4, -0.2) is 14.2 Å². The lowest BCUT2D eigenvalue weighted by atomic mass is 10.1. The molecule has 0 radical (unpaired) electrons. The molecule has 0 fully saturated rings. The number of methoxy groups -OCH3 is 2. The van der Waals surface area contributed by atoms with Gasteiger partial charge < -0.3 is 14.8 Å². The van der Waals surface area contributed by atoms with Crippen molar-refractivity contribution in [1.29, 1.82) is 5.26 Å². The summed E-state index contributed by atoms with van der Waals surface area (Å²) >= 11 is 0. The molecule has 1 N–H and O–H groups in total. The Morgan fingerprint density at radius 1 is 1.10 bits per heavy atom. The van der Waals surface area contributed by atoms with Gasteiger partial charge in [-0.1, -0.05) is 0 Å². The van der Waals surface area contributed by atoms with Gasteiger partial charge in [0, 0.05) is 12.6 Å². The first kappa shape index (κ1) is 14.7. The Kier molecular flexibility index (Phi) is 4.62. The minimum absolute atomic E-state index is 0.293. The van der Waals surface area contributed by atoms with E-state index in [1.54, 1.807) is 32.4 Å². The molecule has 0 aliphatic carbocycles. The van der Waals surface area contributed by atoms with Crippen molar-refractivity contribution in [1.82, 2.24) is 0 Å². The number of nitrogens with one attached hydrogen (secondary N) is 1. The molecule has 4 nitrogen and oxygen atoms in total. The first-order chi connectivity index (χ1) is 10.2. The van der Waals surface area contributed by atoms with E-state index in [9.17, 15) is 4.39 Å². The Labute approximate surface area is 122 Å². The van der Waals surface area contributed by atoms with Gasteiger partial charge in [0.25, 0.3) is 0 Å². The molecule has 0 unspecified atom stereocenters. The average molecular weight is 286 g/mol. The van der Waals surface area contributed by atoms with E-state index in [0.717, 1.165) is 5.56 Å². The van der Waals surface area contributed by atoms with Crippen LogP contribution in [0.4, 0.5) is 10.1 Å². The molecule has 0 saturated heterocycles. The summed E-state index contributed by atoms with van der Waals surface area (Å²) < 4.78 is 24.1. The van der Waals surface area contributed by atoms with Crippen molar-refractivity contribution in [3.05, 3.63) is 53.3 Å². The second-order valence-corrected chi connectivity index (χ2v) is 4.38. The minimum atomic E-state index is -0.455. The van der Waals surface area contributed by atoms with Crippen LogP contribution in [0.2, 0.25) is 0 Å². The molecule has 0 aliphatic heterocycles. The maximum Gasteiger partial charge on any atom is 0.147 e. The van der Waals surface area contributed by atoms with Crippen molar-refractivity contribution in [2.24, 2.45) is 0 Å². The molecular weight excluding hydrogens is 271 g/mol. The highest BCUT2D eigenvalue weighted by atomic mass is 19.1. The highest BCUT2D eigenvalue weighted by molar-refractivity contribution is 5.49. The lowest BCUT2D eigenvalue weighted by Gasteiger charge is -2.11. The van der Waals surface area contributed by atoms with Crippen LogP contribution in [0, 0.1) is 17.1 Å². The number of anilines is 1. The van der Waals surface area contributed by atoms with Crippen molar-refractivity contribution in [3.63, 3.8) is 0 Å². The van der Waals surface area contributed by atoms with Gasteiger partial charge in [0.05, 0.1) is 31.5 Å². The normalized spacial score (nSPS) is 9.81. The summed E-state index contributed by atoms with van der Waals surface area (Å²) in [4.78, 5) is 0. The molecule has 0 bridgehead atoms. The molecular formula is C16H15FN2O2. The van der Waals surface area contributed by atoms with Gasteiger partial charge in [0.15, 0.2) is 0 Å². The van der Waals surface area contributed by atoms with Gasteiger partial charge in [-0.15, -0.1) is 0 Å². The zero-order valence-electron chi connectivity index (χ0n) is 11.8. The Bertz CT molecular complexity index is 658. The molecule has 108 valence electrons. The van der Waals surface area contributed by atoms with Crippen LogP contribution in [-0.2, 0) is 6.54 Å². The third kappa shape index (κ3) is 3.63. The van der Waals surface area contributed by atoms with Gasteiger partial charge in [-0.3, -0.25) is 0 Å². The van der Waals surface area contributed by atoms with Gasteiger partial charge in [0.1, 0.15) is 17.3 Å². The maximum atomic E-state index is 13.8. The van der Waals surface area contributed by atoms with Gasteiger partial charge >= 0.3 is 0 Å². The van der Waals surface area contributed by atoms with E-state index in [0.29, 0.717) is 29.3 Å². The summed E-state index contributed by atoms with van der Waals surface area (Å²) in [6.45, 7) is 0.413. The summed E-state index contributed by atoms with van der Waals surface area (Å²) in [5, 5.41) is 11.7. The van der Waals surface area contributed by atoms with Crippen molar-refractivity contribution >= 4 is 5.69 Å². The predicted octanol–water partition coefficient (Wildman–Crippen LogP) is 3.33. The maximum absolute atomic E-state index is 13.8. The van der Waals surface area contributed by atoms with Gasteiger partial charge in [-0.25, -0.2) is 4.39 Å². The molecule has 0 aliphatic rings. The summed E-state index contributed by atoms with van der Waals surface area (Å²) in [5.41, 5.74) is 1.53. The summed E-state index contributed by atoms with van der Waals surface area (Å²) in [7, 11) is 3.15. The highest BCUT2D eigenvalue weighted by Gasteiger charge is 2.05. The van der Waals surface area contributed by atoms with Crippen molar-refractivity contribution in [2.75, 3.05) is 19.5 Å². The van der Waals surface area contributed by atoms with E-state index >= 15 is 0 Å². The molecule has 5 heteroatoms. The lowest BCUT2D eigenvalue weighted by molar-refractivity contribution is 0.393. The molecule has 2 rings (SSSR count). The fourth-order valence-corrected chi connectivity index (χ4v) is 1.89. The van der Waals surface area contributed by atoms with E-state index in [2.05, 4.69) is 5.32 Å². The zero-order chi connectivity index (χ0) is 15.2. The standard InChI is InChI=1S/C16H15FN2O2/c1-20-13-5-12(6-14(8-13)21-2)10-19-16-4-3-11(9-18)7-15(16)17/h3-8,19H,10H2,1-2H3. The van der Waals surface area contributed by atoms with E-state index < -0.39 is 5.82 Å². The molecule has 0 atom stereocenters. The third-order valence-electron chi connectivity index (χ3n) is 2.99. The quantitative estimate of drug-likeness (QED) is 0.916. The Balaban J connectivity index is 2.14. The number of halogens is 1. The fraction of sp³-hybridized carbons (Fsp3) is 0.188. The minimum Gasteiger partial charge on any atom is -0.497 e. The molecule has 0 spiro atoms. The van der Waals surface area contributed by atoms with Crippen LogP contribution in [0.15, 0.2) is 36.4 Å². The van der Waals surface area contributed by atoms with Crippen LogP contribution in [0.1, 0.15) is 11.1 Å². The smallest absolute Gasteiger partial charge is 0.147 e. The SMILES string of the molecule is COc1cc(CNc2ccc(C#N)cc2F)cc(OC)c1. The summed E-state index contributed by atoms with van der Waals surface area (Å²) in [6, 6.07) is 11.7. The van der Waals surface area contributed by atoms with Gasteiger partial charge in [-0.05, 0) is 35.9 Å². The van der Waals surface area contributed by atoms with Crippen LogP contribution < -0.4 is 14.8 Å². The zero-order valence-corrected chi connectivity index (χ0v) is 11.8. The molecule has 0 aromatic heterocycles. The van der Waals surface area contributed by atoms with Crippen LogP contribution in [0.3, 0.4) is 0 Å². The van der Waals surface area contributed by atoms with E-state index in [1.165, 1.54) is 6.07 Å². The van der Waals surface area contributed by atoms with Crippen molar-refractivity contribution < 1.29 is 13.9 Å². The van der Waals surface area contributed by atoms with Gasteiger partial charge in [0.2, 0.25) is 0 Å². The number of rotatable bonds is 5. The largest absolute Gasteiger partial charge is 0.497 e. The Hall–Kier alpha value is -2.74. The summed E-state index contributed by atoms with van der Waals surface area (Å²) in [6.07, 6.45) is 0. The third-order valence-corrected chi connectivity index (χ3v) is 2.99. The Morgan fingerprint density at radius 2 is 1.76 bits per heavy atom. The van der Waals surface area contributed by atoms with Crippen molar-refractivity contribution in [3.8, 4) is 17.6 Å². The monoisotopic (exact) mass is 286 g/mol. The number of hydrogen-bond donors (Lipinski definition) is 1. The topological polar surface area (TPSA) is 54.3 Å². The second kappa shape index (κ2) is 6.62. The molecule has 0 amide bonds. The van der Waals surface area contributed by atoms with Crippen LogP contribution in [0.5, 0.6) is 11.5 Å². The van der Waals surface area contributed by atoms with E-state index in [4.69, 9.17) is 14.7 Å². The summed E-state index contributed by atoms with van der Waals surface area (Å²) in [5.74, 6) is 0.891. The molecule has 2 aromatic carbocycles. The number of nitrogens with zero attached hydrogens (tertiary/aromatic N) is 1. The number of hydrogen-bond acceptors (Lipinski definition) is 4.